The molecular formula is C14H16ClN3O. The van der Waals surface area contributed by atoms with Crippen molar-refractivity contribution in [2.24, 2.45) is 0 Å². The highest BCUT2D eigenvalue weighted by molar-refractivity contribution is 6.18. The molecule has 0 aromatic carbocycles. The number of pyridine rings is 1. The van der Waals surface area contributed by atoms with Crippen molar-refractivity contribution in [2.75, 3.05) is 5.88 Å². The molecule has 0 spiro atoms. The average Bonchev–Trinajstić information content (AvgIpc) is 3.18. The monoisotopic (exact) mass is 277 g/mol. The maximum Gasteiger partial charge on any atom is 0.224 e. The molecule has 2 heterocycles. The summed E-state index contributed by atoms with van der Waals surface area (Å²) in [6.45, 7) is 0.617. The standard InChI is InChI=1S/C14H16ClN3O/c15-7-6-14(19)18(11-4-5-11)10-12-9-16-13-3-1-2-8-17(12)13/h1-3,8-9,11H,4-7,10H2. The number of alkyl halides is 1. The van der Waals surface area contributed by atoms with Crippen LogP contribution in [0, 0.1) is 0 Å². The lowest BCUT2D eigenvalue weighted by molar-refractivity contribution is -0.132. The highest BCUT2D eigenvalue weighted by Crippen LogP contribution is 2.29. The molecule has 0 saturated heterocycles. The Kier molecular flexibility index (Phi) is 3.42. The Morgan fingerprint density at radius 3 is 3.05 bits per heavy atom. The van der Waals surface area contributed by atoms with Crippen LogP contribution in [0.15, 0.2) is 30.6 Å². The fraction of sp³-hybridized carbons (Fsp3) is 0.429. The summed E-state index contributed by atoms with van der Waals surface area (Å²) in [5, 5.41) is 0. The summed E-state index contributed by atoms with van der Waals surface area (Å²) in [7, 11) is 0. The minimum atomic E-state index is 0.142. The van der Waals surface area contributed by atoms with Gasteiger partial charge in [-0.15, -0.1) is 11.6 Å². The number of amides is 1. The van der Waals surface area contributed by atoms with Crippen molar-refractivity contribution in [1.82, 2.24) is 14.3 Å². The summed E-state index contributed by atoms with van der Waals surface area (Å²) in [6.07, 6.45) is 6.44. The van der Waals surface area contributed by atoms with Gasteiger partial charge in [-0.2, -0.15) is 0 Å². The van der Waals surface area contributed by atoms with Gasteiger partial charge >= 0.3 is 0 Å². The van der Waals surface area contributed by atoms with Gasteiger partial charge in [-0.25, -0.2) is 4.98 Å². The van der Waals surface area contributed by atoms with E-state index in [0.717, 1.165) is 24.2 Å². The van der Waals surface area contributed by atoms with E-state index in [-0.39, 0.29) is 5.91 Å². The molecule has 0 radical (unpaired) electrons. The van der Waals surface area contributed by atoms with Gasteiger partial charge in [-0.3, -0.25) is 4.79 Å². The molecule has 5 heteroatoms. The summed E-state index contributed by atoms with van der Waals surface area (Å²) in [5.41, 5.74) is 1.96. The van der Waals surface area contributed by atoms with Gasteiger partial charge in [0, 0.05) is 24.5 Å². The molecule has 0 aliphatic heterocycles. The lowest BCUT2D eigenvalue weighted by atomic mass is 10.3. The van der Waals surface area contributed by atoms with Crippen molar-refractivity contribution in [3.8, 4) is 0 Å². The molecule has 1 aliphatic carbocycles. The van der Waals surface area contributed by atoms with Gasteiger partial charge in [0.2, 0.25) is 5.91 Å². The Labute approximate surface area is 117 Å². The first kappa shape index (κ1) is 12.5. The van der Waals surface area contributed by atoms with Crippen molar-refractivity contribution in [3.63, 3.8) is 0 Å². The Morgan fingerprint density at radius 1 is 1.47 bits per heavy atom. The number of aromatic nitrogens is 2. The highest BCUT2D eigenvalue weighted by atomic mass is 35.5. The van der Waals surface area contributed by atoms with Gasteiger partial charge in [-0.1, -0.05) is 6.07 Å². The summed E-state index contributed by atoms with van der Waals surface area (Å²) >= 11 is 5.68. The number of hydrogen-bond acceptors (Lipinski definition) is 2. The predicted octanol–water partition coefficient (Wildman–Crippen LogP) is 2.45. The Morgan fingerprint density at radius 2 is 2.32 bits per heavy atom. The number of rotatable bonds is 5. The smallest absolute Gasteiger partial charge is 0.224 e. The first-order valence-electron chi connectivity index (χ1n) is 6.56. The number of halogens is 1. The molecule has 100 valence electrons. The van der Waals surface area contributed by atoms with Crippen molar-refractivity contribution in [3.05, 3.63) is 36.3 Å². The molecule has 3 rings (SSSR count). The Bertz CT molecular complexity index is 591. The summed E-state index contributed by atoms with van der Waals surface area (Å²) in [4.78, 5) is 18.4. The van der Waals surface area contributed by atoms with Crippen LogP contribution in [0.4, 0.5) is 0 Å². The van der Waals surface area contributed by atoms with E-state index in [2.05, 4.69) is 4.98 Å². The van der Waals surface area contributed by atoms with Crippen LogP contribution in [0.2, 0.25) is 0 Å². The fourth-order valence-electron chi connectivity index (χ4n) is 2.31. The summed E-state index contributed by atoms with van der Waals surface area (Å²) in [6, 6.07) is 6.29. The summed E-state index contributed by atoms with van der Waals surface area (Å²) < 4.78 is 2.03. The first-order chi connectivity index (χ1) is 9.29. The molecule has 0 bridgehead atoms. The number of carbonyl (C=O) groups is 1. The zero-order valence-corrected chi connectivity index (χ0v) is 11.4. The third-order valence-electron chi connectivity index (χ3n) is 3.44. The van der Waals surface area contributed by atoms with E-state index in [0.29, 0.717) is 24.9 Å². The van der Waals surface area contributed by atoms with Crippen LogP contribution in [-0.2, 0) is 11.3 Å². The number of imidazole rings is 1. The number of fused-ring (bicyclic) bond motifs is 1. The first-order valence-corrected chi connectivity index (χ1v) is 7.09. The van der Waals surface area contributed by atoms with E-state index in [1.807, 2.05) is 39.9 Å². The molecule has 2 aromatic heterocycles. The number of nitrogens with zero attached hydrogens (tertiary/aromatic N) is 3. The Hall–Kier alpha value is -1.55. The third-order valence-corrected chi connectivity index (χ3v) is 3.63. The molecule has 1 fully saturated rings. The lowest BCUT2D eigenvalue weighted by Crippen LogP contribution is -2.33. The van der Waals surface area contributed by atoms with Crippen LogP contribution in [0.1, 0.15) is 25.0 Å². The lowest BCUT2D eigenvalue weighted by Gasteiger charge is -2.21. The van der Waals surface area contributed by atoms with E-state index >= 15 is 0 Å². The van der Waals surface area contributed by atoms with Crippen molar-refractivity contribution < 1.29 is 4.79 Å². The quantitative estimate of drug-likeness (QED) is 0.788. The van der Waals surface area contributed by atoms with Gasteiger partial charge < -0.3 is 9.30 Å². The normalized spacial score (nSPS) is 14.8. The van der Waals surface area contributed by atoms with Crippen LogP contribution in [0.25, 0.3) is 5.65 Å². The molecule has 0 atom stereocenters. The van der Waals surface area contributed by atoms with Gasteiger partial charge in [0.25, 0.3) is 0 Å². The Balaban J connectivity index is 1.83. The predicted molar refractivity (Wildman–Crippen MR) is 74.1 cm³/mol. The van der Waals surface area contributed by atoms with E-state index < -0.39 is 0 Å². The van der Waals surface area contributed by atoms with E-state index in [9.17, 15) is 4.79 Å². The molecule has 1 aliphatic rings. The molecule has 0 N–H and O–H groups in total. The van der Waals surface area contributed by atoms with E-state index in [1.54, 1.807) is 0 Å². The largest absolute Gasteiger partial charge is 0.334 e. The fourth-order valence-corrected chi connectivity index (χ4v) is 2.47. The molecule has 4 nitrogen and oxygen atoms in total. The topological polar surface area (TPSA) is 37.6 Å². The minimum Gasteiger partial charge on any atom is -0.334 e. The van der Waals surface area contributed by atoms with Gasteiger partial charge in [-0.05, 0) is 25.0 Å². The summed E-state index contributed by atoms with van der Waals surface area (Å²) in [5.74, 6) is 0.526. The van der Waals surface area contributed by atoms with E-state index in [4.69, 9.17) is 11.6 Å². The third kappa shape index (κ3) is 2.59. The van der Waals surface area contributed by atoms with Crippen molar-refractivity contribution >= 4 is 23.2 Å². The highest BCUT2D eigenvalue weighted by Gasteiger charge is 2.32. The van der Waals surface area contributed by atoms with Crippen LogP contribution in [0.3, 0.4) is 0 Å². The van der Waals surface area contributed by atoms with Crippen LogP contribution < -0.4 is 0 Å². The molecule has 19 heavy (non-hydrogen) atoms. The molecular weight excluding hydrogens is 262 g/mol. The van der Waals surface area contributed by atoms with Crippen LogP contribution in [0.5, 0.6) is 0 Å². The zero-order chi connectivity index (χ0) is 13.2. The molecule has 0 unspecified atom stereocenters. The second kappa shape index (κ2) is 5.21. The van der Waals surface area contributed by atoms with Crippen molar-refractivity contribution in [1.29, 1.82) is 0 Å². The maximum absolute atomic E-state index is 12.1. The van der Waals surface area contributed by atoms with Crippen LogP contribution >= 0.6 is 11.6 Å². The van der Waals surface area contributed by atoms with Gasteiger partial charge in [0.05, 0.1) is 18.4 Å². The molecule has 1 saturated carbocycles. The number of carbonyl (C=O) groups excluding carboxylic acids is 1. The maximum atomic E-state index is 12.1. The molecule has 2 aromatic rings. The second-order valence-electron chi connectivity index (χ2n) is 4.87. The SMILES string of the molecule is O=C(CCCl)N(Cc1cnc2ccccn12)C1CC1. The van der Waals surface area contributed by atoms with E-state index in [1.165, 1.54) is 0 Å². The minimum absolute atomic E-state index is 0.142. The molecule has 1 amide bonds. The van der Waals surface area contributed by atoms with Gasteiger partial charge in [0.1, 0.15) is 5.65 Å². The number of hydrogen-bond donors (Lipinski definition) is 0. The average molecular weight is 278 g/mol. The van der Waals surface area contributed by atoms with Crippen molar-refractivity contribution in [2.45, 2.75) is 31.8 Å². The zero-order valence-electron chi connectivity index (χ0n) is 10.6. The van der Waals surface area contributed by atoms with Gasteiger partial charge in [0.15, 0.2) is 0 Å². The van der Waals surface area contributed by atoms with Crippen LogP contribution in [-0.4, -0.2) is 32.1 Å². The second-order valence-corrected chi connectivity index (χ2v) is 5.25.